The average Bonchev–Trinajstić information content (AvgIpc) is 3.84. The summed E-state index contributed by atoms with van der Waals surface area (Å²) in [6, 6.07) is 7.31. The van der Waals surface area contributed by atoms with Crippen molar-refractivity contribution in [2.75, 3.05) is 13.7 Å². The number of methoxy groups -OCH3 is 1. The number of amides is 1. The molecule has 1 amide bonds. The predicted molar refractivity (Wildman–Crippen MR) is 194 cm³/mol. The van der Waals surface area contributed by atoms with E-state index in [1.807, 2.05) is 19.1 Å². The molecular weight excluding hydrogens is 678 g/mol. The van der Waals surface area contributed by atoms with E-state index in [1.165, 1.54) is 13.8 Å². The molecule has 11 nitrogen and oxygen atoms in total. The van der Waals surface area contributed by atoms with E-state index in [-0.39, 0.29) is 49.4 Å². The molecule has 10 atom stereocenters. The Morgan fingerprint density at radius 3 is 2.49 bits per heavy atom. The van der Waals surface area contributed by atoms with Crippen LogP contribution >= 0.6 is 11.6 Å². The number of hydrogen-bond donors (Lipinski definition) is 2. The standard InChI is InChI=1S/C39H56ClNO10/c1-9-32(47-8)27(5)37-33(50-37)23-41(22-29-14-16-30(40)17-15-29)38(45)48-26(4)12-10-11-24(2)36-25(3)13-18-34(49-28(6)42)39(7,46)20-19-31(43)21-35(44)51-36/h10-18,25-27,31-34,36-37,43,46H,9,19-23H2,1-8H3. The first-order chi connectivity index (χ1) is 24.0. The van der Waals surface area contributed by atoms with Crippen LogP contribution in [0.2, 0.25) is 5.02 Å². The van der Waals surface area contributed by atoms with Crippen LogP contribution in [0.5, 0.6) is 0 Å². The highest BCUT2D eigenvalue weighted by molar-refractivity contribution is 6.30. The summed E-state index contributed by atoms with van der Waals surface area (Å²) in [5.74, 6) is -1.34. The Hall–Kier alpha value is -3.22. The van der Waals surface area contributed by atoms with Gasteiger partial charge in [-0.2, -0.15) is 0 Å². The molecule has 2 heterocycles. The van der Waals surface area contributed by atoms with E-state index in [0.29, 0.717) is 23.7 Å². The Morgan fingerprint density at radius 1 is 1.18 bits per heavy atom. The van der Waals surface area contributed by atoms with Gasteiger partial charge in [0.15, 0.2) is 0 Å². The summed E-state index contributed by atoms with van der Waals surface area (Å²) in [6.07, 6.45) is 5.48. The summed E-state index contributed by atoms with van der Waals surface area (Å²) in [5, 5.41) is 22.1. The number of nitrogens with zero attached hydrogens (tertiary/aromatic N) is 1. The Kier molecular flexibility index (Phi) is 16.2. The number of cyclic esters (lactones) is 1. The summed E-state index contributed by atoms with van der Waals surface area (Å²) >= 11 is 6.09. The van der Waals surface area contributed by atoms with Gasteiger partial charge in [0.1, 0.15) is 30.0 Å². The molecule has 0 radical (unpaired) electrons. The molecule has 1 aromatic rings. The molecule has 1 saturated heterocycles. The fourth-order valence-corrected chi connectivity index (χ4v) is 6.45. The second-order valence-corrected chi connectivity index (χ2v) is 14.4. The smallest absolute Gasteiger partial charge is 0.410 e. The monoisotopic (exact) mass is 733 g/mol. The highest BCUT2D eigenvalue weighted by atomic mass is 35.5. The van der Waals surface area contributed by atoms with Crippen molar-refractivity contribution in [3.8, 4) is 0 Å². The van der Waals surface area contributed by atoms with E-state index in [2.05, 4.69) is 13.8 Å². The number of aliphatic hydroxyl groups excluding tert-OH is 1. The van der Waals surface area contributed by atoms with Crippen LogP contribution in [0.25, 0.3) is 0 Å². The van der Waals surface area contributed by atoms with Crippen LogP contribution in [0.1, 0.15) is 79.7 Å². The number of carbonyl (C=O) groups excluding carboxylic acids is 3. The molecule has 1 aromatic carbocycles. The molecule has 2 aliphatic heterocycles. The van der Waals surface area contributed by atoms with Gasteiger partial charge in [-0.3, -0.25) is 9.59 Å². The molecule has 10 unspecified atom stereocenters. The zero-order valence-electron chi connectivity index (χ0n) is 31.1. The SMILES string of the molecule is CCC(OC)C(C)C1OC1CN(Cc1ccc(Cl)cc1)C(=O)OC(C)C=CC=C(C)C1OC(=O)CC(O)CCC(C)(O)C(OC(C)=O)C=CC1C. The van der Waals surface area contributed by atoms with Crippen LogP contribution in [0, 0.1) is 11.8 Å². The van der Waals surface area contributed by atoms with Gasteiger partial charge >= 0.3 is 18.0 Å². The lowest BCUT2D eigenvalue weighted by Gasteiger charge is -2.32. The molecular formula is C39H56ClNO10. The normalized spacial score (nSPS) is 29.2. The van der Waals surface area contributed by atoms with Gasteiger partial charge in [-0.1, -0.05) is 62.7 Å². The lowest BCUT2D eigenvalue weighted by molar-refractivity contribution is -0.157. The molecule has 1 fully saturated rings. The maximum atomic E-state index is 13.5. The van der Waals surface area contributed by atoms with Crippen LogP contribution in [0.4, 0.5) is 4.79 Å². The number of epoxide rings is 1. The maximum absolute atomic E-state index is 13.5. The highest BCUT2D eigenvalue weighted by Crippen LogP contribution is 2.34. The van der Waals surface area contributed by atoms with Gasteiger partial charge in [-0.05, 0) is 75.5 Å². The Balaban J connectivity index is 1.73. The van der Waals surface area contributed by atoms with E-state index < -0.39 is 48.0 Å². The van der Waals surface area contributed by atoms with Crippen LogP contribution in [-0.4, -0.2) is 95.1 Å². The van der Waals surface area contributed by atoms with E-state index >= 15 is 0 Å². The fourth-order valence-electron chi connectivity index (χ4n) is 6.32. The van der Waals surface area contributed by atoms with Gasteiger partial charge in [0.05, 0.1) is 31.3 Å². The molecule has 0 aromatic heterocycles. The van der Waals surface area contributed by atoms with Crippen molar-refractivity contribution in [2.45, 2.75) is 129 Å². The molecule has 3 rings (SSSR count). The first-order valence-corrected chi connectivity index (χ1v) is 18.1. The van der Waals surface area contributed by atoms with Crippen molar-refractivity contribution in [2.24, 2.45) is 11.8 Å². The summed E-state index contributed by atoms with van der Waals surface area (Å²) in [5.41, 5.74) is 0.132. The number of carbonyl (C=O) groups is 3. The lowest BCUT2D eigenvalue weighted by atomic mass is 9.88. The number of aliphatic hydroxyl groups is 2. The van der Waals surface area contributed by atoms with Crippen LogP contribution in [0.3, 0.4) is 0 Å². The van der Waals surface area contributed by atoms with Gasteiger partial charge in [0.25, 0.3) is 0 Å². The van der Waals surface area contributed by atoms with Crippen molar-refractivity contribution in [1.82, 2.24) is 4.90 Å². The third-order valence-corrected chi connectivity index (χ3v) is 9.72. The molecule has 0 bridgehead atoms. The topological polar surface area (TPSA) is 144 Å². The number of esters is 2. The van der Waals surface area contributed by atoms with E-state index in [0.717, 1.165) is 12.0 Å². The first-order valence-electron chi connectivity index (χ1n) is 17.7. The predicted octanol–water partition coefficient (Wildman–Crippen LogP) is 6.33. The molecule has 0 aliphatic carbocycles. The second-order valence-electron chi connectivity index (χ2n) is 14.0. The summed E-state index contributed by atoms with van der Waals surface area (Å²) in [6.45, 7) is 13.0. The van der Waals surface area contributed by atoms with E-state index in [4.69, 9.17) is 35.3 Å². The third kappa shape index (κ3) is 13.4. The lowest BCUT2D eigenvalue weighted by Crippen LogP contribution is -2.42. The van der Waals surface area contributed by atoms with Gasteiger partial charge in [-0.15, -0.1) is 0 Å². The summed E-state index contributed by atoms with van der Waals surface area (Å²) in [7, 11) is 1.70. The van der Waals surface area contributed by atoms with Crippen molar-refractivity contribution in [1.29, 1.82) is 0 Å². The minimum Gasteiger partial charge on any atom is -0.457 e. The number of allylic oxidation sites excluding steroid dienone is 2. The number of hydrogen-bond acceptors (Lipinski definition) is 10. The van der Waals surface area contributed by atoms with Crippen LogP contribution in [-0.2, 0) is 39.8 Å². The number of benzene rings is 1. The van der Waals surface area contributed by atoms with Crippen molar-refractivity contribution < 1.29 is 48.3 Å². The van der Waals surface area contributed by atoms with E-state index in [9.17, 15) is 24.6 Å². The number of rotatable bonds is 13. The molecule has 0 saturated carbocycles. The van der Waals surface area contributed by atoms with Crippen molar-refractivity contribution >= 4 is 29.6 Å². The second kappa shape index (κ2) is 19.6. The minimum absolute atomic E-state index is 0.0214. The summed E-state index contributed by atoms with van der Waals surface area (Å²) in [4.78, 5) is 39.7. The van der Waals surface area contributed by atoms with Gasteiger partial charge < -0.3 is 38.8 Å². The minimum atomic E-state index is -1.46. The van der Waals surface area contributed by atoms with Gasteiger partial charge in [0.2, 0.25) is 0 Å². The average molecular weight is 734 g/mol. The molecule has 0 spiro atoms. The zero-order chi connectivity index (χ0) is 37.9. The number of halogens is 1. The molecule has 284 valence electrons. The molecule has 51 heavy (non-hydrogen) atoms. The largest absolute Gasteiger partial charge is 0.457 e. The van der Waals surface area contributed by atoms with Crippen molar-refractivity contribution in [3.63, 3.8) is 0 Å². The molecule has 2 N–H and O–H groups in total. The van der Waals surface area contributed by atoms with Crippen LogP contribution < -0.4 is 0 Å². The van der Waals surface area contributed by atoms with Gasteiger partial charge in [0, 0.05) is 37.4 Å². The summed E-state index contributed by atoms with van der Waals surface area (Å²) < 4.78 is 28.6. The quantitative estimate of drug-likeness (QED) is 0.0776. The van der Waals surface area contributed by atoms with Gasteiger partial charge in [-0.25, -0.2) is 4.79 Å². The van der Waals surface area contributed by atoms with E-state index in [1.54, 1.807) is 68.4 Å². The van der Waals surface area contributed by atoms with Crippen LogP contribution in [0.15, 0.2) is 60.2 Å². The molecule has 12 heteroatoms. The highest BCUT2D eigenvalue weighted by Gasteiger charge is 2.47. The fraction of sp³-hybridized carbons (Fsp3) is 0.615. The number of ether oxygens (including phenoxy) is 5. The van der Waals surface area contributed by atoms with Crippen molar-refractivity contribution in [3.05, 3.63) is 70.8 Å². The maximum Gasteiger partial charge on any atom is 0.410 e. The molecule has 2 aliphatic rings. The third-order valence-electron chi connectivity index (χ3n) is 9.47. The Bertz CT molecular complexity index is 1390. The Labute approximate surface area is 307 Å². The zero-order valence-corrected chi connectivity index (χ0v) is 31.9. The Morgan fingerprint density at radius 2 is 1.86 bits per heavy atom. The first kappa shape index (κ1) is 42.2.